The van der Waals surface area contributed by atoms with Crippen molar-refractivity contribution in [2.75, 3.05) is 39.0 Å². The lowest BCUT2D eigenvalue weighted by Crippen LogP contribution is -2.49. The van der Waals surface area contributed by atoms with E-state index in [0.29, 0.717) is 32.8 Å². The summed E-state index contributed by atoms with van der Waals surface area (Å²) in [6.07, 6.45) is 1.25. The molecule has 6 nitrogen and oxygen atoms in total. The van der Waals surface area contributed by atoms with Crippen molar-refractivity contribution in [1.29, 1.82) is 0 Å². The van der Waals surface area contributed by atoms with E-state index in [2.05, 4.69) is 4.90 Å². The third-order valence-corrected chi connectivity index (χ3v) is 5.24. The maximum absolute atomic E-state index is 11.5. The molecule has 1 N–H and O–H groups in total. The first-order valence-electron chi connectivity index (χ1n) is 6.60. The highest BCUT2D eigenvalue weighted by molar-refractivity contribution is 7.88. The predicted molar refractivity (Wildman–Crippen MR) is 74.3 cm³/mol. The second-order valence-electron chi connectivity index (χ2n) is 5.25. The average Bonchev–Trinajstić information content (AvgIpc) is 2.80. The first-order valence-corrected chi connectivity index (χ1v) is 8.45. The van der Waals surface area contributed by atoms with Crippen molar-refractivity contribution in [3.05, 3.63) is 23.8 Å². The van der Waals surface area contributed by atoms with E-state index in [-0.39, 0.29) is 11.8 Å². The smallest absolute Gasteiger partial charge is 0.211 e. The SMILES string of the molecule is CS(=O)(=O)N1CCN(C2COc3cc(O)ccc32)CC1. The molecule has 0 amide bonds. The number of aromatic hydroxyl groups is 1. The lowest BCUT2D eigenvalue weighted by Gasteiger charge is -2.36. The molecule has 1 aromatic rings. The zero-order chi connectivity index (χ0) is 14.3. The lowest BCUT2D eigenvalue weighted by molar-refractivity contribution is 0.118. The monoisotopic (exact) mass is 298 g/mol. The van der Waals surface area contributed by atoms with Crippen molar-refractivity contribution in [3.63, 3.8) is 0 Å². The number of phenols is 1. The van der Waals surface area contributed by atoms with E-state index in [1.807, 2.05) is 6.07 Å². The summed E-state index contributed by atoms with van der Waals surface area (Å²) in [5.74, 6) is 0.923. The number of nitrogens with zero attached hydrogens (tertiary/aromatic N) is 2. The van der Waals surface area contributed by atoms with E-state index in [9.17, 15) is 13.5 Å². The third-order valence-electron chi connectivity index (χ3n) is 3.94. The predicted octanol–water partition coefficient (Wildman–Crippen LogP) is 0.403. The molecule has 2 heterocycles. The highest BCUT2D eigenvalue weighted by Gasteiger charge is 2.33. The Kier molecular flexibility index (Phi) is 3.35. The second kappa shape index (κ2) is 4.91. The maximum Gasteiger partial charge on any atom is 0.211 e. The Morgan fingerprint density at radius 2 is 1.95 bits per heavy atom. The Labute approximate surface area is 118 Å². The number of sulfonamides is 1. The van der Waals surface area contributed by atoms with Gasteiger partial charge in [0.25, 0.3) is 0 Å². The van der Waals surface area contributed by atoms with Gasteiger partial charge >= 0.3 is 0 Å². The van der Waals surface area contributed by atoms with Crippen LogP contribution in [-0.4, -0.2) is 61.8 Å². The van der Waals surface area contributed by atoms with E-state index in [1.165, 1.54) is 10.6 Å². The van der Waals surface area contributed by atoms with Crippen LogP contribution in [0, 0.1) is 0 Å². The maximum atomic E-state index is 11.5. The van der Waals surface area contributed by atoms with Gasteiger partial charge in [-0.3, -0.25) is 4.90 Å². The number of benzene rings is 1. The molecule has 0 radical (unpaired) electrons. The Morgan fingerprint density at radius 1 is 1.25 bits per heavy atom. The fraction of sp³-hybridized carbons (Fsp3) is 0.538. The van der Waals surface area contributed by atoms with Gasteiger partial charge in [0.15, 0.2) is 0 Å². The molecule has 3 rings (SSSR count). The summed E-state index contributed by atoms with van der Waals surface area (Å²) in [5.41, 5.74) is 1.07. The Morgan fingerprint density at radius 3 is 2.60 bits per heavy atom. The van der Waals surface area contributed by atoms with Gasteiger partial charge in [-0.15, -0.1) is 0 Å². The molecule has 0 saturated carbocycles. The standard InChI is InChI=1S/C13H18N2O4S/c1-20(17,18)15-6-4-14(5-7-15)12-9-19-13-8-10(16)2-3-11(12)13/h2-3,8,12,16H,4-7,9H2,1H3. The molecular weight excluding hydrogens is 280 g/mol. The van der Waals surface area contributed by atoms with Crippen LogP contribution in [0.15, 0.2) is 18.2 Å². The molecule has 7 heteroatoms. The second-order valence-corrected chi connectivity index (χ2v) is 7.23. The summed E-state index contributed by atoms with van der Waals surface area (Å²) < 4.78 is 30.1. The molecule has 1 aromatic carbocycles. The first-order chi connectivity index (χ1) is 9.45. The molecule has 2 aliphatic rings. The van der Waals surface area contributed by atoms with Crippen LogP contribution >= 0.6 is 0 Å². The zero-order valence-corrected chi connectivity index (χ0v) is 12.1. The molecule has 2 aliphatic heterocycles. The van der Waals surface area contributed by atoms with Crippen LogP contribution in [0.2, 0.25) is 0 Å². The van der Waals surface area contributed by atoms with Crippen LogP contribution in [0.4, 0.5) is 0 Å². The number of piperazine rings is 1. The van der Waals surface area contributed by atoms with Gasteiger partial charge in [0.05, 0.1) is 12.3 Å². The van der Waals surface area contributed by atoms with E-state index in [0.717, 1.165) is 11.3 Å². The van der Waals surface area contributed by atoms with Crippen LogP contribution in [-0.2, 0) is 10.0 Å². The Hall–Kier alpha value is -1.31. The Bertz CT molecular complexity index is 609. The van der Waals surface area contributed by atoms with Crippen LogP contribution in [0.25, 0.3) is 0 Å². The molecule has 1 unspecified atom stereocenters. The van der Waals surface area contributed by atoms with Gasteiger partial charge in [0.1, 0.15) is 18.1 Å². The minimum atomic E-state index is -3.10. The normalized spacial score (nSPS) is 24.4. The summed E-state index contributed by atoms with van der Waals surface area (Å²) in [7, 11) is -3.10. The molecule has 0 aliphatic carbocycles. The van der Waals surface area contributed by atoms with E-state index < -0.39 is 10.0 Å². The summed E-state index contributed by atoms with van der Waals surface area (Å²) in [6, 6.07) is 5.31. The molecule has 1 saturated heterocycles. The molecule has 1 atom stereocenters. The van der Waals surface area contributed by atoms with Gasteiger partial charge in [-0.1, -0.05) is 0 Å². The van der Waals surface area contributed by atoms with Crippen LogP contribution in [0.5, 0.6) is 11.5 Å². The van der Waals surface area contributed by atoms with Gasteiger partial charge in [-0.05, 0) is 12.1 Å². The van der Waals surface area contributed by atoms with E-state index in [1.54, 1.807) is 12.1 Å². The van der Waals surface area contributed by atoms with Crippen molar-refractivity contribution in [2.45, 2.75) is 6.04 Å². The highest BCUT2D eigenvalue weighted by atomic mass is 32.2. The third kappa shape index (κ3) is 2.48. The van der Waals surface area contributed by atoms with Gasteiger partial charge in [-0.2, -0.15) is 4.31 Å². The molecular formula is C13H18N2O4S. The quantitative estimate of drug-likeness (QED) is 0.856. The number of hydrogen-bond acceptors (Lipinski definition) is 5. The van der Waals surface area contributed by atoms with E-state index in [4.69, 9.17) is 4.74 Å². The summed E-state index contributed by atoms with van der Waals surface area (Å²) >= 11 is 0. The molecule has 0 spiro atoms. The number of rotatable bonds is 2. The van der Waals surface area contributed by atoms with Crippen LogP contribution in [0.1, 0.15) is 11.6 Å². The van der Waals surface area contributed by atoms with Crippen LogP contribution in [0.3, 0.4) is 0 Å². The Balaban J connectivity index is 1.72. The van der Waals surface area contributed by atoms with Crippen molar-refractivity contribution in [2.24, 2.45) is 0 Å². The minimum absolute atomic E-state index is 0.146. The van der Waals surface area contributed by atoms with E-state index >= 15 is 0 Å². The van der Waals surface area contributed by atoms with Crippen molar-refractivity contribution in [1.82, 2.24) is 9.21 Å². The summed E-state index contributed by atoms with van der Waals surface area (Å²) in [6.45, 7) is 2.98. The largest absolute Gasteiger partial charge is 0.508 e. The molecule has 0 bridgehead atoms. The highest BCUT2D eigenvalue weighted by Crippen LogP contribution is 2.38. The van der Waals surface area contributed by atoms with Crippen molar-refractivity contribution >= 4 is 10.0 Å². The van der Waals surface area contributed by atoms with Crippen LogP contribution < -0.4 is 4.74 Å². The minimum Gasteiger partial charge on any atom is -0.508 e. The summed E-state index contributed by atoms with van der Waals surface area (Å²) in [5, 5.41) is 9.45. The van der Waals surface area contributed by atoms with Gasteiger partial charge in [0, 0.05) is 37.8 Å². The fourth-order valence-corrected chi connectivity index (χ4v) is 3.66. The fourth-order valence-electron chi connectivity index (χ4n) is 2.83. The molecule has 1 fully saturated rings. The van der Waals surface area contributed by atoms with Gasteiger partial charge in [-0.25, -0.2) is 8.42 Å². The van der Waals surface area contributed by atoms with Crippen molar-refractivity contribution < 1.29 is 18.3 Å². The summed E-state index contributed by atoms with van der Waals surface area (Å²) in [4.78, 5) is 2.24. The van der Waals surface area contributed by atoms with Crippen molar-refractivity contribution in [3.8, 4) is 11.5 Å². The first kappa shape index (κ1) is 13.7. The van der Waals surface area contributed by atoms with Gasteiger partial charge < -0.3 is 9.84 Å². The molecule has 20 heavy (non-hydrogen) atoms. The zero-order valence-electron chi connectivity index (χ0n) is 11.3. The topological polar surface area (TPSA) is 70.1 Å². The molecule has 110 valence electrons. The number of hydrogen-bond donors (Lipinski definition) is 1. The number of ether oxygens (including phenoxy) is 1. The average molecular weight is 298 g/mol. The van der Waals surface area contributed by atoms with Gasteiger partial charge in [0.2, 0.25) is 10.0 Å². The lowest BCUT2D eigenvalue weighted by atomic mass is 10.1. The number of phenolic OH excluding ortho intramolecular Hbond substituents is 1. The molecule has 0 aromatic heterocycles. The number of fused-ring (bicyclic) bond motifs is 1.